The number of rotatable bonds is 5. The topological polar surface area (TPSA) is 52.3 Å². The molecule has 1 aromatic carbocycles. The van der Waals surface area contributed by atoms with Crippen molar-refractivity contribution < 1.29 is 9.53 Å². The summed E-state index contributed by atoms with van der Waals surface area (Å²) in [6.07, 6.45) is 0. The van der Waals surface area contributed by atoms with Crippen molar-refractivity contribution in [2.75, 3.05) is 13.2 Å². The smallest absolute Gasteiger partial charge is 0.243 e. The predicted molar refractivity (Wildman–Crippen MR) is 54.9 cm³/mol. The first-order valence-corrected chi connectivity index (χ1v) is 4.61. The summed E-state index contributed by atoms with van der Waals surface area (Å²) in [4.78, 5) is 10.4. The van der Waals surface area contributed by atoms with Crippen molar-refractivity contribution in [1.82, 2.24) is 0 Å². The van der Waals surface area contributed by atoms with Crippen LogP contribution in [0.3, 0.4) is 0 Å². The van der Waals surface area contributed by atoms with Crippen LogP contribution >= 0.6 is 0 Å². The second kappa shape index (κ2) is 5.40. The lowest BCUT2D eigenvalue weighted by Crippen LogP contribution is -2.19. The monoisotopic (exact) mass is 193 g/mol. The van der Waals surface area contributed by atoms with E-state index in [1.807, 2.05) is 30.3 Å². The highest BCUT2D eigenvalue weighted by molar-refractivity contribution is 5.74. The molecule has 14 heavy (non-hydrogen) atoms. The Kier molecular flexibility index (Phi) is 4.13. The largest absolute Gasteiger partial charge is 0.371 e. The van der Waals surface area contributed by atoms with Gasteiger partial charge in [0.05, 0.1) is 6.61 Å². The molecule has 3 heteroatoms. The Bertz CT molecular complexity index is 285. The maximum atomic E-state index is 10.4. The highest BCUT2D eigenvalue weighted by Gasteiger charge is 2.05. The molecular formula is C11H15NO2. The number of hydrogen-bond donors (Lipinski definition) is 1. The Labute approximate surface area is 83.9 Å². The van der Waals surface area contributed by atoms with Crippen LogP contribution in [0.4, 0.5) is 0 Å². The summed E-state index contributed by atoms with van der Waals surface area (Å²) in [6.45, 7) is 2.57. The third-order valence-corrected chi connectivity index (χ3v) is 1.98. The number of hydrogen-bond acceptors (Lipinski definition) is 2. The molecule has 0 spiro atoms. The molecule has 1 aromatic rings. The van der Waals surface area contributed by atoms with E-state index in [4.69, 9.17) is 10.5 Å². The second-order valence-corrected chi connectivity index (χ2v) is 3.29. The first-order valence-electron chi connectivity index (χ1n) is 4.61. The summed E-state index contributed by atoms with van der Waals surface area (Å²) in [7, 11) is 0. The van der Waals surface area contributed by atoms with Gasteiger partial charge in [-0.2, -0.15) is 0 Å². The minimum Gasteiger partial charge on any atom is -0.371 e. The lowest BCUT2D eigenvalue weighted by atomic mass is 10.0. The lowest BCUT2D eigenvalue weighted by molar-refractivity contribution is -0.122. The molecule has 0 fully saturated rings. The molecule has 1 amide bonds. The van der Waals surface area contributed by atoms with Gasteiger partial charge in [0.15, 0.2) is 0 Å². The van der Waals surface area contributed by atoms with Crippen LogP contribution < -0.4 is 5.73 Å². The van der Waals surface area contributed by atoms with Gasteiger partial charge >= 0.3 is 0 Å². The van der Waals surface area contributed by atoms with Crippen LogP contribution in [0.5, 0.6) is 0 Å². The van der Waals surface area contributed by atoms with Crippen molar-refractivity contribution in [3.63, 3.8) is 0 Å². The van der Waals surface area contributed by atoms with Gasteiger partial charge in [-0.15, -0.1) is 0 Å². The zero-order valence-corrected chi connectivity index (χ0v) is 8.27. The van der Waals surface area contributed by atoms with Crippen LogP contribution in [0.1, 0.15) is 18.4 Å². The normalized spacial score (nSPS) is 12.4. The molecule has 0 aliphatic carbocycles. The van der Waals surface area contributed by atoms with Crippen LogP contribution in [0.2, 0.25) is 0 Å². The van der Waals surface area contributed by atoms with E-state index >= 15 is 0 Å². The van der Waals surface area contributed by atoms with Gasteiger partial charge in [-0.1, -0.05) is 37.3 Å². The Hall–Kier alpha value is -1.35. The third kappa shape index (κ3) is 3.58. The Balaban J connectivity index is 2.36. The van der Waals surface area contributed by atoms with Gasteiger partial charge in [-0.05, 0) is 5.56 Å². The highest BCUT2D eigenvalue weighted by atomic mass is 16.5. The first-order chi connectivity index (χ1) is 6.70. The van der Waals surface area contributed by atoms with Gasteiger partial charge < -0.3 is 10.5 Å². The number of ether oxygens (including phenoxy) is 1. The standard InChI is InChI=1S/C11H15NO2/c1-9(7-14-8-11(12)13)10-5-3-2-4-6-10/h2-6,9H,7-8H2,1H3,(H2,12,13). The summed E-state index contributed by atoms with van der Waals surface area (Å²) in [6, 6.07) is 10.0. The average Bonchev–Trinajstić information content (AvgIpc) is 2.18. The van der Waals surface area contributed by atoms with Crippen molar-refractivity contribution in [3.05, 3.63) is 35.9 Å². The molecule has 0 saturated heterocycles. The molecule has 0 heterocycles. The van der Waals surface area contributed by atoms with Crippen LogP contribution in [-0.2, 0) is 9.53 Å². The van der Waals surface area contributed by atoms with E-state index in [-0.39, 0.29) is 12.5 Å². The maximum absolute atomic E-state index is 10.4. The summed E-state index contributed by atoms with van der Waals surface area (Å²) in [5, 5.41) is 0. The molecule has 0 radical (unpaired) electrons. The lowest BCUT2D eigenvalue weighted by Gasteiger charge is -2.11. The highest BCUT2D eigenvalue weighted by Crippen LogP contribution is 2.14. The molecule has 0 aliphatic heterocycles. The second-order valence-electron chi connectivity index (χ2n) is 3.29. The summed E-state index contributed by atoms with van der Waals surface area (Å²) < 4.78 is 5.14. The van der Waals surface area contributed by atoms with E-state index in [2.05, 4.69) is 6.92 Å². The number of amides is 1. The zero-order chi connectivity index (χ0) is 10.4. The van der Waals surface area contributed by atoms with E-state index in [1.54, 1.807) is 0 Å². The van der Waals surface area contributed by atoms with E-state index in [9.17, 15) is 4.79 Å². The molecule has 76 valence electrons. The minimum absolute atomic E-state index is 0.00280. The van der Waals surface area contributed by atoms with Gasteiger partial charge in [0, 0.05) is 5.92 Å². The molecule has 3 nitrogen and oxygen atoms in total. The van der Waals surface area contributed by atoms with Crippen LogP contribution in [-0.4, -0.2) is 19.1 Å². The van der Waals surface area contributed by atoms with Crippen molar-refractivity contribution in [1.29, 1.82) is 0 Å². The molecule has 2 N–H and O–H groups in total. The molecule has 1 rings (SSSR count). The van der Waals surface area contributed by atoms with Crippen molar-refractivity contribution in [3.8, 4) is 0 Å². The van der Waals surface area contributed by atoms with Crippen molar-refractivity contribution in [2.45, 2.75) is 12.8 Å². The Morgan fingerprint density at radius 2 is 2.07 bits per heavy atom. The van der Waals surface area contributed by atoms with Gasteiger partial charge in [0.1, 0.15) is 6.61 Å². The number of primary amides is 1. The third-order valence-electron chi connectivity index (χ3n) is 1.98. The quantitative estimate of drug-likeness (QED) is 0.766. The fourth-order valence-electron chi connectivity index (χ4n) is 1.21. The number of benzene rings is 1. The fraction of sp³-hybridized carbons (Fsp3) is 0.364. The Morgan fingerprint density at radius 3 is 2.64 bits per heavy atom. The van der Waals surface area contributed by atoms with Gasteiger partial charge in [0.25, 0.3) is 0 Å². The predicted octanol–water partition coefficient (Wildman–Crippen LogP) is 1.29. The Morgan fingerprint density at radius 1 is 1.43 bits per heavy atom. The zero-order valence-electron chi connectivity index (χ0n) is 8.27. The SMILES string of the molecule is CC(COCC(N)=O)c1ccccc1. The molecule has 0 bridgehead atoms. The van der Waals surface area contributed by atoms with Crippen LogP contribution in [0, 0.1) is 0 Å². The summed E-state index contributed by atoms with van der Waals surface area (Å²) in [5.41, 5.74) is 6.16. The van der Waals surface area contributed by atoms with Gasteiger partial charge in [-0.3, -0.25) is 4.79 Å². The molecule has 0 aliphatic rings. The minimum atomic E-state index is -0.426. The van der Waals surface area contributed by atoms with Gasteiger partial charge in [0.2, 0.25) is 5.91 Å². The molecular weight excluding hydrogens is 178 g/mol. The van der Waals surface area contributed by atoms with Crippen LogP contribution in [0.15, 0.2) is 30.3 Å². The average molecular weight is 193 g/mol. The number of nitrogens with two attached hydrogens (primary N) is 1. The van der Waals surface area contributed by atoms with Crippen molar-refractivity contribution >= 4 is 5.91 Å². The summed E-state index contributed by atoms with van der Waals surface area (Å²) in [5.74, 6) is -0.138. The molecule has 0 aromatic heterocycles. The molecule has 1 atom stereocenters. The van der Waals surface area contributed by atoms with E-state index < -0.39 is 5.91 Å². The number of carbonyl (C=O) groups is 1. The molecule has 0 saturated carbocycles. The van der Waals surface area contributed by atoms with Crippen molar-refractivity contribution in [2.24, 2.45) is 5.73 Å². The fourth-order valence-corrected chi connectivity index (χ4v) is 1.21. The van der Waals surface area contributed by atoms with E-state index in [1.165, 1.54) is 5.56 Å². The number of carbonyl (C=O) groups excluding carboxylic acids is 1. The first kappa shape index (κ1) is 10.7. The maximum Gasteiger partial charge on any atom is 0.243 e. The van der Waals surface area contributed by atoms with Crippen LogP contribution in [0.25, 0.3) is 0 Å². The molecule has 1 unspecified atom stereocenters. The van der Waals surface area contributed by atoms with Gasteiger partial charge in [-0.25, -0.2) is 0 Å². The van der Waals surface area contributed by atoms with E-state index in [0.29, 0.717) is 6.61 Å². The summed E-state index contributed by atoms with van der Waals surface area (Å²) >= 11 is 0. The van der Waals surface area contributed by atoms with E-state index in [0.717, 1.165) is 0 Å².